The van der Waals surface area contributed by atoms with Gasteiger partial charge >= 0.3 is 5.97 Å². The minimum Gasteiger partial charge on any atom is -0.466 e. The molecule has 6 heteroatoms. The average Bonchev–Trinajstić information content (AvgIpc) is 3.29. The number of amides is 1. The maximum absolute atomic E-state index is 13.7. The molecule has 0 spiro atoms. The molecule has 1 saturated heterocycles. The molecule has 0 radical (unpaired) electrons. The molecule has 5 nitrogen and oxygen atoms in total. The van der Waals surface area contributed by atoms with E-state index in [0.29, 0.717) is 29.7 Å². The Morgan fingerprint density at radius 2 is 1.97 bits per heavy atom. The molecule has 1 aromatic carbocycles. The van der Waals surface area contributed by atoms with Crippen LogP contribution in [0.4, 0.5) is 0 Å². The molecule has 1 aromatic heterocycles. The van der Waals surface area contributed by atoms with Crippen molar-refractivity contribution in [3.63, 3.8) is 0 Å². The van der Waals surface area contributed by atoms with E-state index < -0.39 is 0 Å². The average molecular weight is 413 g/mol. The van der Waals surface area contributed by atoms with E-state index in [0.717, 1.165) is 35.7 Å². The fourth-order valence-electron chi connectivity index (χ4n) is 4.97. The Bertz CT molecular complexity index is 880. The summed E-state index contributed by atoms with van der Waals surface area (Å²) in [4.78, 5) is 33.3. The number of rotatable bonds is 5. The van der Waals surface area contributed by atoms with Gasteiger partial charge < -0.3 is 9.64 Å². The van der Waals surface area contributed by atoms with Crippen LogP contribution in [0.15, 0.2) is 30.3 Å². The molecule has 29 heavy (non-hydrogen) atoms. The number of thiazole rings is 1. The number of ether oxygens (including phenoxy) is 1. The summed E-state index contributed by atoms with van der Waals surface area (Å²) in [6.45, 7) is 4.87. The van der Waals surface area contributed by atoms with Gasteiger partial charge in [-0.3, -0.25) is 9.59 Å². The molecule has 4 rings (SSSR count). The summed E-state index contributed by atoms with van der Waals surface area (Å²) in [5.41, 5.74) is 1.71. The highest BCUT2D eigenvalue weighted by molar-refractivity contribution is 7.14. The van der Waals surface area contributed by atoms with Gasteiger partial charge in [0.05, 0.1) is 23.7 Å². The number of hydrogen-bond acceptors (Lipinski definition) is 5. The summed E-state index contributed by atoms with van der Waals surface area (Å²) in [6, 6.07) is 9.80. The number of likely N-dealkylation sites (tertiary alicyclic amines) is 1. The van der Waals surface area contributed by atoms with Crippen LogP contribution in [0, 0.1) is 18.8 Å². The Morgan fingerprint density at radius 1 is 1.21 bits per heavy atom. The molecule has 0 N–H and O–H groups in total. The predicted octanol–water partition coefficient (Wildman–Crippen LogP) is 4.70. The molecule has 2 aromatic rings. The van der Waals surface area contributed by atoms with Crippen LogP contribution in [-0.4, -0.2) is 41.0 Å². The molecule has 1 aliphatic heterocycles. The normalized spacial score (nSPS) is 23.7. The van der Waals surface area contributed by atoms with Crippen molar-refractivity contribution in [1.29, 1.82) is 0 Å². The van der Waals surface area contributed by atoms with E-state index in [2.05, 4.69) is 4.98 Å². The monoisotopic (exact) mass is 412 g/mol. The highest BCUT2D eigenvalue weighted by Crippen LogP contribution is 2.43. The van der Waals surface area contributed by atoms with E-state index in [1.807, 2.05) is 49.1 Å². The van der Waals surface area contributed by atoms with Gasteiger partial charge in [0.2, 0.25) is 0 Å². The largest absolute Gasteiger partial charge is 0.466 e. The van der Waals surface area contributed by atoms with Gasteiger partial charge in [0.1, 0.15) is 4.88 Å². The lowest BCUT2D eigenvalue weighted by molar-refractivity contribution is -0.144. The van der Waals surface area contributed by atoms with E-state index in [9.17, 15) is 9.59 Å². The number of nitrogens with zero attached hydrogens (tertiary/aromatic N) is 2. The van der Waals surface area contributed by atoms with Crippen molar-refractivity contribution in [2.45, 2.75) is 52.0 Å². The third-order valence-corrected chi connectivity index (χ3v) is 7.17. The Kier molecular flexibility index (Phi) is 5.99. The number of hydrogen-bond donors (Lipinski definition) is 0. The number of carbonyl (C=O) groups excluding carboxylic acids is 2. The third-order valence-electron chi connectivity index (χ3n) is 6.21. The van der Waals surface area contributed by atoms with Crippen LogP contribution in [0.3, 0.4) is 0 Å². The molecule has 1 saturated carbocycles. The highest BCUT2D eigenvalue weighted by Gasteiger charge is 2.46. The highest BCUT2D eigenvalue weighted by atomic mass is 32.1. The summed E-state index contributed by atoms with van der Waals surface area (Å²) >= 11 is 1.45. The number of esters is 1. The second-order valence-corrected chi connectivity index (χ2v) is 9.22. The van der Waals surface area contributed by atoms with Crippen LogP contribution in [0.1, 0.15) is 53.7 Å². The first-order valence-electron chi connectivity index (χ1n) is 10.6. The fourth-order valence-corrected chi connectivity index (χ4v) is 5.87. The van der Waals surface area contributed by atoms with Gasteiger partial charge in [-0.25, -0.2) is 4.98 Å². The lowest BCUT2D eigenvalue weighted by Crippen LogP contribution is -2.39. The molecule has 1 aliphatic carbocycles. The maximum Gasteiger partial charge on any atom is 0.307 e. The van der Waals surface area contributed by atoms with E-state index in [-0.39, 0.29) is 17.9 Å². The topological polar surface area (TPSA) is 59.5 Å². The van der Waals surface area contributed by atoms with Gasteiger partial charge in [-0.15, -0.1) is 11.3 Å². The van der Waals surface area contributed by atoms with Crippen LogP contribution < -0.4 is 0 Å². The van der Waals surface area contributed by atoms with E-state index in [1.165, 1.54) is 24.2 Å². The smallest absolute Gasteiger partial charge is 0.307 e. The number of aryl methyl sites for hydroxylation is 1. The van der Waals surface area contributed by atoms with Gasteiger partial charge in [-0.05, 0) is 38.5 Å². The minimum absolute atomic E-state index is 0.0122. The van der Waals surface area contributed by atoms with Crippen molar-refractivity contribution >= 4 is 23.2 Å². The van der Waals surface area contributed by atoms with Gasteiger partial charge in [0, 0.05) is 18.2 Å². The van der Waals surface area contributed by atoms with E-state index in [1.54, 1.807) is 0 Å². The van der Waals surface area contributed by atoms with Crippen molar-refractivity contribution in [2.24, 2.45) is 11.8 Å². The van der Waals surface area contributed by atoms with E-state index >= 15 is 0 Å². The van der Waals surface area contributed by atoms with Crippen LogP contribution in [-0.2, 0) is 9.53 Å². The minimum atomic E-state index is -0.203. The third kappa shape index (κ3) is 4.08. The summed E-state index contributed by atoms with van der Waals surface area (Å²) in [5.74, 6) is 0.691. The Labute approximate surface area is 176 Å². The lowest BCUT2D eigenvalue weighted by atomic mass is 9.78. The first-order valence-corrected chi connectivity index (χ1v) is 11.4. The van der Waals surface area contributed by atoms with Crippen molar-refractivity contribution in [1.82, 2.24) is 9.88 Å². The van der Waals surface area contributed by atoms with Crippen LogP contribution >= 0.6 is 11.3 Å². The molecule has 2 fully saturated rings. The van der Waals surface area contributed by atoms with Gasteiger partial charge in [-0.1, -0.05) is 43.2 Å². The maximum atomic E-state index is 13.7. The summed E-state index contributed by atoms with van der Waals surface area (Å²) in [5, 5.41) is 0.880. The molecule has 154 valence electrons. The molecule has 2 aliphatic rings. The summed E-state index contributed by atoms with van der Waals surface area (Å²) in [6.07, 6.45) is 4.91. The van der Waals surface area contributed by atoms with Crippen molar-refractivity contribution in [3.8, 4) is 11.3 Å². The lowest BCUT2D eigenvalue weighted by Gasteiger charge is -2.29. The molecule has 3 unspecified atom stereocenters. The van der Waals surface area contributed by atoms with Crippen LogP contribution in [0.5, 0.6) is 0 Å². The zero-order valence-corrected chi connectivity index (χ0v) is 17.9. The second kappa shape index (κ2) is 8.66. The zero-order chi connectivity index (χ0) is 20.4. The second-order valence-electron chi connectivity index (χ2n) is 8.02. The summed E-state index contributed by atoms with van der Waals surface area (Å²) < 4.78 is 5.23. The quantitative estimate of drug-likeness (QED) is 0.668. The molecular weight excluding hydrogens is 384 g/mol. The van der Waals surface area contributed by atoms with Gasteiger partial charge in [0.15, 0.2) is 0 Å². The first-order chi connectivity index (χ1) is 14.1. The molecular formula is C23H28N2O3S. The van der Waals surface area contributed by atoms with Gasteiger partial charge in [0.25, 0.3) is 5.91 Å². The number of fused-ring (bicyclic) bond motifs is 1. The molecule has 2 heterocycles. The Balaban J connectivity index is 1.65. The predicted molar refractivity (Wildman–Crippen MR) is 114 cm³/mol. The van der Waals surface area contributed by atoms with Crippen molar-refractivity contribution in [2.75, 3.05) is 13.2 Å². The fraction of sp³-hybridized carbons (Fsp3) is 0.522. The Hall–Kier alpha value is -2.21. The van der Waals surface area contributed by atoms with Crippen LogP contribution in [0.2, 0.25) is 0 Å². The first kappa shape index (κ1) is 20.1. The van der Waals surface area contributed by atoms with Crippen molar-refractivity contribution < 1.29 is 14.3 Å². The molecule has 3 atom stereocenters. The number of aromatic nitrogens is 1. The van der Waals surface area contributed by atoms with Crippen molar-refractivity contribution in [3.05, 3.63) is 40.2 Å². The van der Waals surface area contributed by atoms with E-state index in [4.69, 9.17) is 4.74 Å². The van der Waals surface area contributed by atoms with Crippen LogP contribution in [0.25, 0.3) is 11.3 Å². The SMILES string of the molecule is CCOC(=O)CC1C2CCCCC2CN1C(=O)c1sc(C)nc1-c1ccccc1. The summed E-state index contributed by atoms with van der Waals surface area (Å²) in [7, 11) is 0. The number of carbonyl (C=O) groups is 2. The number of benzene rings is 1. The standard InChI is InChI=1S/C23H28N2O3S/c1-3-28-20(26)13-19-18-12-8-7-11-17(18)14-25(19)23(27)22-21(24-15(2)29-22)16-9-5-4-6-10-16/h4-6,9-10,17-19H,3,7-8,11-14H2,1-2H3. The van der Waals surface area contributed by atoms with Gasteiger partial charge in [-0.2, -0.15) is 0 Å². The Morgan fingerprint density at radius 3 is 2.72 bits per heavy atom. The molecule has 0 bridgehead atoms. The zero-order valence-electron chi connectivity index (χ0n) is 17.1. The molecule has 1 amide bonds.